The maximum absolute atomic E-state index is 12.4. The number of hydrogen-bond acceptors (Lipinski definition) is 3. The molecule has 0 amide bonds. The van der Waals surface area contributed by atoms with Crippen molar-refractivity contribution in [2.45, 2.75) is 52.7 Å². The Kier molecular flexibility index (Phi) is 5.07. The fraction of sp³-hybridized carbons (Fsp3) is 0.550. The lowest BCUT2D eigenvalue weighted by molar-refractivity contribution is 0.0455. The second-order valence-electron chi connectivity index (χ2n) is 7.34. The van der Waals surface area contributed by atoms with Gasteiger partial charge in [0.15, 0.2) is 0 Å². The molecule has 0 unspecified atom stereocenters. The maximum Gasteiger partial charge on any atom is 0.252 e. The van der Waals surface area contributed by atoms with E-state index in [4.69, 9.17) is 0 Å². The van der Waals surface area contributed by atoms with E-state index in [0.29, 0.717) is 12.1 Å². The molecular formula is C20H29N3O. The van der Waals surface area contributed by atoms with Gasteiger partial charge in [-0.3, -0.25) is 14.6 Å². The number of piperazine rings is 1. The van der Waals surface area contributed by atoms with E-state index in [1.54, 1.807) is 0 Å². The Hall–Kier alpha value is -1.65. The minimum Gasteiger partial charge on any atom is -0.322 e. The van der Waals surface area contributed by atoms with Crippen molar-refractivity contribution >= 4 is 10.9 Å². The van der Waals surface area contributed by atoms with Crippen molar-refractivity contribution in [3.8, 4) is 0 Å². The van der Waals surface area contributed by atoms with Crippen molar-refractivity contribution in [3.63, 3.8) is 0 Å². The summed E-state index contributed by atoms with van der Waals surface area (Å²) in [5.74, 6) is 0. The largest absolute Gasteiger partial charge is 0.322 e. The highest BCUT2D eigenvalue weighted by Gasteiger charge is 2.27. The summed E-state index contributed by atoms with van der Waals surface area (Å²) in [6, 6.07) is 9.40. The van der Waals surface area contributed by atoms with Gasteiger partial charge in [-0.1, -0.05) is 18.6 Å². The molecule has 24 heavy (non-hydrogen) atoms. The van der Waals surface area contributed by atoms with Gasteiger partial charge in [0.1, 0.15) is 0 Å². The molecule has 4 heteroatoms. The van der Waals surface area contributed by atoms with Crippen LogP contribution in [0.2, 0.25) is 0 Å². The van der Waals surface area contributed by atoms with Gasteiger partial charge >= 0.3 is 0 Å². The number of aromatic amines is 1. The number of H-pyrrole nitrogens is 1. The van der Waals surface area contributed by atoms with Crippen LogP contribution in [0.1, 0.15) is 38.3 Å². The van der Waals surface area contributed by atoms with E-state index >= 15 is 0 Å². The Bertz CT molecular complexity index is 765. The minimum atomic E-state index is 0.0469. The summed E-state index contributed by atoms with van der Waals surface area (Å²) in [5, 5.41) is 1.12. The number of hydrogen-bond donors (Lipinski definition) is 1. The first kappa shape index (κ1) is 17.2. The van der Waals surface area contributed by atoms with E-state index in [1.807, 2.05) is 12.1 Å². The highest BCUT2D eigenvalue weighted by atomic mass is 16.1. The summed E-state index contributed by atoms with van der Waals surface area (Å²) in [6.07, 6.45) is 1.15. The van der Waals surface area contributed by atoms with E-state index in [0.717, 1.165) is 49.1 Å². The Morgan fingerprint density at radius 2 is 2.04 bits per heavy atom. The number of rotatable bonds is 4. The van der Waals surface area contributed by atoms with Crippen LogP contribution < -0.4 is 5.56 Å². The van der Waals surface area contributed by atoms with Crippen LogP contribution in [-0.2, 0) is 6.54 Å². The number of nitrogens with zero attached hydrogens (tertiary/aromatic N) is 2. The highest BCUT2D eigenvalue weighted by Crippen LogP contribution is 2.18. The second-order valence-corrected chi connectivity index (χ2v) is 7.34. The predicted molar refractivity (Wildman–Crippen MR) is 101 cm³/mol. The molecule has 0 saturated carbocycles. The van der Waals surface area contributed by atoms with Gasteiger partial charge < -0.3 is 4.98 Å². The molecule has 0 radical (unpaired) electrons. The summed E-state index contributed by atoms with van der Waals surface area (Å²) < 4.78 is 0. The van der Waals surface area contributed by atoms with Crippen LogP contribution >= 0.6 is 0 Å². The lowest BCUT2D eigenvalue weighted by Crippen LogP contribution is -2.54. The summed E-state index contributed by atoms with van der Waals surface area (Å²) >= 11 is 0. The molecule has 0 aliphatic carbocycles. The molecule has 0 spiro atoms. The van der Waals surface area contributed by atoms with E-state index in [9.17, 15) is 4.79 Å². The molecule has 1 saturated heterocycles. The van der Waals surface area contributed by atoms with Crippen LogP contribution in [0.25, 0.3) is 10.9 Å². The third kappa shape index (κ3) is 3.55. The summed E-state index contributed by atoms with van der Waals surface area (Å²) in [6.45, 7) is 12.8. The zero-order chi connectivity index (χ0) is 17.3. The first-order valence-electron chi connectivity index (χ1n) is 9.08. The standard InChI is InChI=1S/C20H29N3O/c1-5-18-13-22(8-9-23(18)14(2)3)12-17-11-16-10-15(4)6-7-19(16)21-20(17)24/h6-7,10-11,14,18H,5,8-9,12-13H2,1-4H3,(H,21,24)/t18-/m0/s1. The van der Waals surface area contributed by atoms with Crippen molar-refractivity contribution in [2.24, 2.45) is 0 Å². The van der Waals surface area contributed by atoms with Gasteiger partial charge in [-0.15, -0.1) is 0 Å². The molecule has 2 aromatic rings. The normalized spacial score (nSPS) is 20.1. The minimum absolute atomic E-state index is 0.0469. The van der Waals surface area contributed by atoms with Gasteiger partial charge in [-0.05, 0) is 50.8 Å². The molecule has 1 aromatic heterocycles. The number of nitrogens with one attached hydrogen (secondary N) is 1. The molecule has 3 rings (SSSR count). The number of aromatic nitrogens is 1. The second kappa shape index (κ2) is 7.08. The molecule has 1 aromatic carbocycles. The SMILES string of the molecule is CC[C@H]1CN(Cc2cc3cc(C)ccc3[nH]c2=O)CCN1C(C)C. The van der Waals surface area contributed by atoms with Crippen molar-refractivity contribution in [1.82, 2.24) is 14.8 Å². The molecule has 1 atom stereocenters. The quantitative estimate of drug-likeness (QED) is 0.938. The van der Waals surface area contributed by atoms with Gasteiger partial charge in [-0.2, -0.15) is 0 Å². The first-order valence-corrected chi connectivity index (χ1v) is 9.08. The van der Waals surface area contributed by atoms with Crippen molar-refractivity contribution < 1.29 is 0 Å². The van der Waals surface area contributed by atoms with Crippen LogP contribution in [0.15, 0.2) is 29.1 Å². The molecular weight excluding hydrogens is 298 g/mol. The maximum atomic E-state index is 12.4. The van der Waals surface area contributed by atoms with E-state index in [-0.39, 0.29) is 5.56 Å². The fourth-order valence-corrected chi connectivity index (χ4v) is 3.85. The zero-order valence-corrected chi connectivity index (χ0v) is 15.3. The topological polar surface area (TPSA) is 39.3 Å². The van der Waals surface area contributed by atoms with Crippen LogP contribution in [0.4, 0.5) is 0 Å². The molecule has 1 aliphatic rings. The van der Waals surface area contributed by atoms with Crippen LogP contribution in [0.3, 0.4) is 0 Å². The Morgan fingerprint density at radius 3 is 2.75 bits per heavy atom. The van der Waals surface area contributed by atoms with E-state index in [2.05, 4.69) is 54.6 Å². The summed E-state index contributed by atoms with van der Waals surface area (Å²) in [4.78, 5) is 20.5. The molecule has 1 N–H and O–H groups in total. The monoisotopic (exact) mass is 327 g/mol. The third-order valence-corrected chi connectivity index (χ3v) is 5.22. The van der Waals surface area contributed by atoms with Gasteiger partial charge in [0.05, 0.1) is 0 Å². The number of pyridine rings is 1. The number of aryl methyl sites for hydroxylation is 1. The predicted octanol–water partition coefficient (Wildman–Crippen LogP) is 3.14. The highest BCUT2D eigenvalue weighted by molar-refractivity contribution is 5.79. The molecule has 1 fully saturated rings. The molecule has 0 bridgehead atoms. The van der Waals surface area contributed by atoms with Gasteiger partial charge in [0, 0.05) is 49.3 Å². The zero-order valence-electron chi connectivity index (χ0n) is 15.3. The Morgan fingerprint density at radius 1 is 1.25 bits per heavy atom. The van der Waals surface area contributed by atoms with Gasteiger partial charge in [0.25, 0.3) is 5.56 Å². The molecule has 2 heterocycles. The van der Waals surface area contributed by atoms with Gasteiger partial charge in [-0.25, -0.2) is 0 Å². The van der Waals surface area contributed by atoms with Crippen molar-refractivity contribution in [3.05, 3.63) is 45.7 Å². The average Bonchev–Trinajstić information content (AvgIpc) is 2.55. The lowest BCUT2D eigenvalue weighted by atomic mass is 10.1. The van der Waals surface area contributed by atoms with Crippen molar-refractivity contribution in [2.75, 3.05) is 19.6 Å². The molecule has 130 valence electrons. The summed E-state index contributed by atoms with van der Waals surface area (Å²) in [7, 11) is 0. The Labute approximate surface area is 144 Å². The third-order valence-electron chi connectivity index (χ3n) is 5.22. The van der Waals surface area contributed by atoms with E-state index < -0.39 is 0 Å². The van der Waals surface area contributed by atoms with Crippen LogP contribution in [0.5, 0.6) is 0 Å². The van der Waals surface area contributed by atoms with Crippen LogP contribution in [-0.4, -0.2) is 46.5 Å². The lowest BCUT2D eigenvalue weighted by Gasteiger charge is -2.43. The van der Waals surface area contributed by atoms with Crippen LogP contribution in [0, 0.1) is 6.92 Å². The Balaban J connectivity index is 1.80. The fourth-order valence-electron chi connectivity index (χ4n) is 3.85. The number of fused-ring (bicyclic) bond motifs is 1. The first-order chi connectivity index (χ1) is 11.5. The van der Waals surface area contributed by atoms with Gasteiger partial charge in [0.2, 0.25) is 0 Å². The molecule has 4 nitrogen and oxygen atoms in total. The summed E-state index contributed by atoms with van der Waals surface area (Å²) in [5.41, 5.74) is 3.06. The molecule has 1 aliphatic heterocycles. The smallest absolute Gasteiger partial charge is 0.252 e. The average molecular weight is 327 g/mol. The van der Waals surface area contributed by atoms with Crippen molar-refractivity contribution in [1.29, 1.82) is 0 Å². The van der Waals surface area contributed by atoms with E-state index in [1.165, 1.54) is 5.56 Å². The number of benzene rings is 1.